The van der Waals surface area contributed by atoms with E-state index in [9.17, 15) is 19.4 Å². The van der Waals surface area contributed by atoms with E-state index in [1.807, 2.05) is 27.5 Å². The van der Waals surface area contributed by atoms with E-state index in [4.69, 9.17) is 4.98 Å². The van der Waals surface area contributed by atoms with Crippen LogP contribution >= 0.6 is 0 Å². The summed E-state index contributed by atoms with van der Waals surface area (Å²) in [5.74, 6) is -0.251. The number of pyridine rings is 1. The molecule has 1 amide bonds. The molecule has 1 saturated carbocycles. The van der Waals surface area contributed by atoms with E-state index in [0.717, 1.165) is 36.5 Å². The molecule has 1 aliphatic heterocycles. The van der Waals surface area contributed by atoms with Crippen LogP contribution in [-0.2, 0) is 6.42 Å². The molecule has 2 aromatic heterocycles. The van der Waals surface area contributed by atoms with Gasteiger partial charge in [0.2, 0.25) is 0 Å². The molecular formula is C28H26FN3O3. The molecule has 2 N–H and O–H groups in total. The largest absolute Gasteiger partial charge is 0.364 e. The highest BCUT2D eigenvalue weighted by Gasteiger charge is 2.32. The summed E-state index contributed by atoms with van der Waals surface area (Å²) in [6, 6.07) is 14.3. The van der Waals surface area contributed by atoms with Crippen molar-refractivity contribution in [1.29, 1.82) is 0 Å². The summed E-state index contributed by atoms with van der Waals surface area (Å²) in [4.78, 5) is 20.3. The third-order valence-electron chi connectivity index (χ3n) is 7.27. The molecule has 1 aliphatic carbocycles. The molecule has 2 aliphatic rings. The second-order valence-corrected chi connectivity index (χ2v) is 9.55. The number of aromatic nitrogens is 2. The normalized spacial score (nSPS) is 17.7. The average Bonchev–Trinajstić information content (AvgIpc) is 3.61. The Kier molecular flexibility index (Phi) is 5.20. The molecule has 35 heavy (non-hydrogen) atoms. The van der Waals surface area contributed by atoms with Crippen molar-refractivity contribution >= 4 is 11.6 Å². The lowest BCUT2D eigenvalue weighted by atomic mass is 9.93. The number of hydrogen-bond donors (Lipinski definition) is 2. The third-order valence-corrected chi connectivity index (χ3v) is 7.27. The highest BCUT2D eigenvalue weighted by molar-refractivity contribution is 5.95. The smallest absolute Gasteiger partial charge is 0.255 e. The van der Waals surface area contributed by atoms with Crippen molar-refractivity contribution in [2.45, 2.75) is 44.4 Å². The number of fused-ring (bicyclic) bond motifs is 2. The molecule has 0 bridgehead atoms. The fraction of sp³-hybridized carbons (Fsp3) is 0.286. The molecule has 3 heterocycles. The van der Waals surface area contributed by atoms with Crippen LogP contribution in [0.1, 0.15) is 70.6 Å². The summed E-state index contributed by atoms with van der Waals surface area (Å²) in [7, 11) is 0. The molecule has 7 heteroatoms. The first-order valence-corrected chi connectivity index (χ1v) is 12.0. The van der Waals surface area contributed by atoms with Crippen LogP contribution < -0.4 is 0 Å². The SMILES string of the molecule is C[C@@H]1c2ccccc2CCN1C(=O)c1cc(C2CC2)c2nc(-c3ccc(C(O)O)cc3F)cn2c1. The minimum atomic E-state index is -1.74. The monoisotopic (exact) mass is 471 g/mol. The number of halogens is 1. The van der Waals surface area contributed by atoms with Gasteiger partial charge in [0, 0.05) is 30.1 Å². The number of nitrogens with zero attached hydrogens (tertiary/aromatic N) is 3. The topological polar surface area (TPSA) is 78.1 Å². The molecule has 6 nitrogen and oxygen atoms in total. The zero-order valence-corrected chi connectivity index (χ0v) is 19.4. The summed E-state index contributed by atoms with van der Waals surface area (Å²) in [6.07, 6.45) is 4.70. The number of benzene rings is 2. The maximum Gasteiger partial charge on any atom is 0.255 e. The lowest BCUT2D eigenvalue weighted by Gasteiger charge is -2.35. The Morgan fingerprint density at radius 3 is 2.63 bits per heavy atom. The number of aliphatic hydroxyl groups excluding tert-OH is 1. The van der Waals surface area contributed by atoms with Gasteiger partial charge in [-0.2, -0.15) is 0 Å². The van der Waals surface area contributed by atoms with Crippen LogP contribution in [0.5, 0.6) is 0 Å². The Hall–Kier alpha value is -3.55. The van der Waals surface area contributed by atoms with E-state index in [0.29, 0.717) is 23.7 Å². The first kappa shape index (κ1) is 21.9. The maximum atomic E-state index is 14.8. The second kappa shape index (κ2) is 8.29. The van der Waals surface area contributed by atoms with Gasteiger partial charge in [-0.3, -0.25) is 4.79 Å². The van der Waals surface area contributed by atoms with Crippen molar-refractivity contribution in [2.75, 3.05) is 6.54 Å². The Balaban J connectivity index is 1.39. The van der Waals surface area contributed by atoms with Gasteiger partial charge in [0.05, 0.1) is 17.3 Å². The molecular weight excluding hydrogens is 445 g/mol. The molecule has 0 saturated heterocycles. The minimum absolute atomic E-state index is 0.0136. The van der Waals surface area contributed by atoms with E-state index < -0.39 is 12.1 Å². The van der Waals surface area contributed by atoms with Crippen molar-refractivity contribution in [3.05, 3.63) is 94.6 Å². The van der Waals surface area contributed by atoms with Crippen LogP contribution in [0.15, 0.2) is 60.9 Å². The van der Waals surface area contributed by atoms with Crippen molar-refractivity contribution < 1.29 is 19.4 Å². The van der Waals surface area contributed by atoms with Gasteiger partial charge in [0.25, 0.3) is 5.91 Å². The van der Waals surface area contributed by atoms with Crippen molar-refractivity contribution in [3.63, 3.8) is 0 Å². The van der Waals surface area contributed by atoms with Gasteiger partial charge in [-0.25, -0.2) is 9.37 Å². The number of carbonyl (C=O) groups excluding carboxylic acids is 1. The third kappa shape index (κ3) is 3.81. The van der Waals surface area contributed by atoms with E-state index in [-0.39, 0.29) is 23.1 Å². The molecule has 178 valence electrons. The van der Waals surface area contributed by atoms with Crippen LogP contribution in [0, 0.1) is 5.82 Å². The van der Waals surface area contributed by atoms with Crippen LogP contribution in [0.3, 0.4) is 0 Å². The number of carbonyl (C=O) groups is 1. The Bertz CT molecular complexity index is 1460. The predicted octanol–water partition coefficient (Wildman–Crippen LogP) is 4.76. The van der Waals surface area contributed by atoms with Crippen molar-refractivity contribution in [3.8, 4) is 11.3 Å². The summed E-state index contributed by atoms with van der Waals surface area (Å²) in [6.45, 7) is 2.73. The van der Waals surface area contributed by atoms with Crippen LogP contribution in [0.4, 0.5) is 4.39 Å². The van der Waals surface area contributed by atoms with Crippen LogP contribution in [0.25, 0.3) is 16.9 Å². The average molecular weight is 472 g/mol. The summed E-state index contributed by atoms with van der Waals surface area (Å²) in [5.41, 5.74) is 5.61. The number of aliphatic hydroxyl groups is 2. The zero-order chi connectivity index (χ0) is 24.3. The fourth-order valence-electron chi connectivity index (χ4n) is 5.18. The molecule has 0 unspecified atom stereocenters. The molecule has 1 atom stereocenters. The second-order valence-electron chi connectivity index (χ2n) is 9.55. The van der Waals surface area contributed by atoms with Gasteiger partial charge in [0.15, 0.2) is 6.29 Å². The first-order chi connectivity index (χ1) is 16.9. The fourth-order valence-corrected chi connectivity index (χ4v) is 5.18. The quantitative estimate of drug-likeness (QED) is 0.421. The highest BCUT2D eigenvalue weighted by atomic mass is 19.1. The Morgan fingerprint density at radius 2 is 1.89 bits per heavy atom. The van der Waals surface area contributed by atoms with E-state index >= 15 is 0 Å². The molecule has 6 rings (SSSR count). The predicted molar refractivity (Wildman–Crippen MR) is 129 cm³/mol. The van der Waals surface area contributed by atoms with Gasteiger partial charge < -0.3 is 19.5 Å². The molecule has 1 fully saturated rings. The number of rotatable bonds is 4. The van der Waals surface area contributed by atoms with Crippen molar-refractivity contribution in [1.82, 2.24) is 14.3 Å². The van der Waals surface area contributed by atoms with Gasteiger partial charge >= 0.3 is 0 Å². The first-order valence-electron chi connectivity index (χ1n) is 12.0. The summed E-state index contributed by atoms with van der Waals surface area (Å²) < 4.78 is 16.6. The Labute approximate surface area is 202 Å². The lowest BCUT2D eigenvalue weighted by Crippen LogP contribution is -2.39. The van der Waals surface area contributed by atoms with Crippen LogP contribution in [-0.4, -0.2) is 36.9 Å². The van der Waals surface area contributed by atoms with E-state index in [2.05, 4.69) is 19.1 Å². The van der Waals surface area contributed by atoms with Gasteiger partial charge in [-0.1, -0.05) is 30.3 Å². The Morgan fingerprint density at radius 1 is 1.09 bits per heavy atom. The standard InChI is InChI=1S/C28H26FN3O3/c1-16-21-5-3-2-4-17(21)10-11-32(16)27(33)20-12-23(18-6-7-18)26-30-25(15-31(26)14-20)22-9-8-19(28(34)35)13-24(22)29/h2-5,8-9,12-16,18,28,34-35H,6-7,10-11H2,1H3/t16-/m1/s1. The highest BCUT2D eigenvalue weighted by Crippen LogP contribution is 2.43. The minimum Gasteiger partial charge on any atom is -0.364 e. The van der Waals surface area contributed by atoms with Crippen molar-refractivity contribution in [2.24, 2.45) is 0 Å². The van der Waals surface area contributed by atoms with E-state index in [1.54, 1.807) is 12.4 Å². The zero-order valence-electron chi connectivity index (χ0n) is 19.4. The number of imidazole rings is 1. The van der Waals surface area contributed by atoms with Gasteiger partial charge in [0.1, 0.15) is 11.5 Å². The lowest BCUT2D eigenvalue weighted by molar-refractivity contribution is -0.0426. The molecule has 4 aromatic rings. The van der Waals surface area contributed by atoms with E-state index in [1.165, 1.54) is 23.3 Å². The summed E-state index contributed by atoms with van der Waals surface area (Å²) in [5, 5.41) is 18.6. The van der Waals surface area contributed by atoms with Gasteiger partial charge in [-0.05, 0) is 67.0 Å². The maximum absolute atomic E-state index is 14.8. The summed E-state index contributed by atoms with van der Waals surface area (Å²) >= 11 is 0. The molecule has 0 radical (unpaired) electrons. The molecule has 0 spiro atoms. The van der Waals surface area contributed by atoms with Crippen LogP contribution in [0.2, 0.25) is 0 Å². The molecule has 2 aromatic carbocycles. The number of hydrogen-bond acceptors (Lipinski definition) is 4. The number of amides is 1. The van der Waals surface area contributed by atoms with Gasteiger partial charge in [-0.15, -0.1) is 0 Å².